The molecule has 0 saturated carbocycles. The van der Waals surface area contributed by atoms with Crippen LogP contribution in [0.3, 0.4) is 0 Å². The zero-order valence-electron chi connectivity index (χ0n) is 5.76. The van der Waals surface area contributed by atoms with Gasteiger partial charge >= 0.3 is 0 Å². The highest BCUT2D eigenvalue weighted by Crippen LogP contribution is 2.09. The number of hydrogen-bond donors (Lipinski definition) is 2. The van der Waals surface area contributed by atoms with Gasteiger partial charge < -0.3 is 10.2 Å². The maximum absolute atomic E-state index is 5.04. The molecule has 0 spiro atoms. The first kappa shape index (κ1) is 6.99. The van der Waals surface area contributed by atoms with Gasteiger partial charge in [0.2, 0.25) is 0 Å². The number of piperidine rings is 1. The summed E-state index contributed by atoms with van der Waals surface area (Å²) >= 11 is 0. The largest absolute Gasteiger partial charge is 0.314 e. The fourth-order valence-electron chi connectivity index (χ4n) is 1.21. The summed E-state index contributed by atoms with van der Waals surface area (Å²) in [7, 11) is 0. The molecule has 54 valence electrons. The third-order valence-corrected chi connectivity index (χ3v) is 1.77. The number of nitrogens with two attached hydrogens (primary N) is 1. The van der Waals surface area contributed by atoms with E-state index in [9.17, 15) is 0 Å². The van der Waals surface area contributed by atoms with Gasteiger partial charge in [0.05, 0.1) is 6.10 Å². The predicted octanol–water partition coefficient (Wildman–Crippen LogP) is 0.0172. The Bertz CT molecular complexity index is 87.1. The van der Waals surface area contributed by atoms with Crippen molar-refractivity contribution in [2.75, 3.05) is 6.54 Å². The molecule has 1 rings (SSSR count). The van der Waals surface area contributed by atoms with Gasteiger partial charge in [0.15, 0.2) is 0 Å². The molecule has 1 aliphatic rings. The van der Waals surface area contributed by atoms with Crippen LogP contribution in [0.5, 0.6) is 0 Å². The smallest absolute Gasteiger partial charge is 0.0814 e. The number of nitrogens with one attached hydrogen (secondary N) is 1. The topological polar surface area (TPSA) is 47.3 Å². The van der Waals surface area contributed by atoms with Crippen LogP contribution in [0.1, 0.15) is 19.8 Å². The molecule has 1 fully saturated rings. The second kappa shape index (κ2) is 3.15. The van der Waals surface area contributed by atoms with Crippen LogP contribution in [0.4, 0.5) is 0 Å². The van der Waals surface area contributed by atoms with E-state index in [1.54, 1.807) is 0 Å². The second-order valence-electron chi connectivity index (χ2n) is 2.64. The Kier molecular flexibility index (Phi) is 2.45. The van der Waals surface area contributed by atoms with Crippen LogP contribution in [-0.4, -0.2) is 18.7 Å². The Morgan fingerprint density at radius 1 is 1.67 bits per heavy atom. The van der Waals surface area contributed by atoms with Crippen LogP contribution >= 0.6 is 0 Å². The van der Waals surface area contributed by atoms with Gasteiger partial charge in [0.1, 0.15) is 0 Å². The fourth-order valence-corrected chi connectivity index (χ4v) is 1.21. The highest BCUT2D eigenvalue weighted by Gasteiger charge is 2.17. The quantitative estimate of drug-likeness (QED) is 0.492. The summed E-state index contributed by atoms with van der Waals surface area (Å²) in [6.07, 6.45) is 2.36. The lowest BCUT2D eigenvalue weighted by Gasteiger charge is -2.25. The van der Waals surface area contributed by atoms with E-state index in [0.29, 0.717) is 6.04 Å². The van der Waals surface area contributed by atoms with Crippen molar-refractivity contribution >= 4 is 0 Å². The third kappa shape index (κ3) is 1.93. The van der Waals surface area contributed by atoms with E-state index in [1.165, 1.54) is 0 Å². The van der Waals surface area contributed by atoms with Gasteiger partial charge in [-0.25, -0.2) is 5.90 Å². The van der Waals surface area contributed by atoms with Gasteiger partial charge in [-0.05, 0) is 26.3 Å². The minimum Gasteiger partial charge on any atom is -0.314 e. The van der Waals surface area contributed by atoms with Crippen molar-refractivity contribution in [2.24, 2.45) is 5.90 Å². The minimum atomic E-state index is 0.279. The Balaban J connectivity index is 2.23. The molecular weight excluding hydrogens is 116 g/mol. The van der Waals surface area contributed by atoms with Crippen molar-refractivity contribution in [3.8, 4) is 0 Å². The Morgan fingerprint density at radius 3 is 2.89 bits per heavy atom. The van der Waals surface area contributed by atoms with E-state index in [1.807, 2.05) is 0 Å². The van der Waals surface area contributed by atoms with Crippen LogP contribution < -0.4 is 11.2 Å². The zero-order valence-corrected chi connectivity index (χ0v) is 5.76. The molecule has 1 saturated heterocycles. The maximum atomic E-state index is 5.04. The average molecular weight is 130 g/mol. The lowest BCUT2D eigenvalue weighted by atomic mass is 10.0. The van der Waals surface area contributed by atoms with Crippen molar-refractivity contribution in [3.63, 3.8) is 0 Å². The van der Waals surface area contributed by atoms with Crippen LogP contribution in [0.25, 0.3) is 0 Å². The van der Waals surface area contributed by atoms with E-state index in [4.69, 9.17) is 10.7 Å². The molecule has 3 N–H and O–H groups in total. The molecule has 3 heteroatoms. The van der Waals surface area contributed by atoms with E-state index in [2.05, 4.69) is 12.2 Å². The summed E-state index contributed by atoms with van der Waals surface area (Å²) in [6, 6.07) is 0.562. The van der Waals surface area contributed by atoms with Crippen molar-refractivity contribution in [2.45, 2.75) is 31.9 Å². The predicted molar refractivity (Wildman–Crippen MR) is 35.8 cm³/mol. The van der Waals surface area contributed by atoms with Gasteiger partial charge in [-0.3, -0.25) is 0 Å². The van der Waals surface area contributed by atoms with E-state index < -0.39 is 0 Å². The molecule has 0 aliphatic carbocycles. The lowest BCUT2D eigenvalue weighted by Crippen LogP contribution is -2.40. The van der Waals surface area contributed by atoms with Crippen molar-refractivity contribution in [1.82, 2.24) is 5.32 Å². The number of hydrogen-bond acceptors (Lipinski definition) is 3. The molecule has 1 heterocycles. The summed E-state index contributed by atoms with van der Waals surface area (Å²) < 4.78 is 0. The maximum Gasteiger partial charge on any atom is 0.0814 e. The van der Waals surface area contributed by atoms with Crippen molar-refractivity contribution in [3.05, 3.63) is 0 Å². The Labute approximate surface area is 55.5 Å². The number of rotatable bonds is 1. The first-order valence-corrected chi connectivity index (χ1v) is 3.42. The summed E-state index contributed by atoms with van der Waals surface area (Å²) in [5, 5.41) is 3.31. The summed E-state index contributed by atoms with van der Waals surface area (Å²) in [4.78, 5) is 4.72. The monoisotopic (exact) mass is 130 g/mol. The van der Waals surface area contributed by atoms with Crippen LogP contribution in [0.2, 0.25) is 0 Å². The average Bonchev–Trinajstić information content (AvgIpc) is 1.88. The summed E-state index contributed by atoms with van der Waals surface area (Å²) in [5.74, 6) is 5.04. The molecule has 1 aliphatic heterocycles. The molecule has 3 nitrogen and oxygen atoms in total. The van der Waals surface area contributed by atoms with Crippen molar-refractivity contribution < 1.29 is 4.84 Å². The van der Waals surface area contributed by atoms with Crippen LogP contribution in [0, 0.1) is 0 Å². The molecule has 0 aromatic rings. The fraction of sp³-hybridized carbons (Fsp3) is 1.00. The van der Waals surface area contributed by atoms with Crippen LogP contribution in [0.15, 0.2) is 0 Å². The third-order valence-electron chi connectivity index (χ3n) is 1.77. The summed E-state index contributed by atoms with van der Waals surface area (Å²) in [6.45, 7) is 3.17. The molecule has 2 atom stereocenters. The Hall–Kier alpha value is -0.120. The van der Waals surface area contributed by atoms with Gasteiger partial charge in [-0.15, -0.1) is 0 Å². The van der Waals surface area contributed by atoms with Gasteiger partial charge in [-0.1, -0.05) is 0 Å². The molecule has 0 amide bonds. The lowest BCUT2D eigenvalue weighted by molar-refractivity contribution is 0.0233. The second-order valence-corrected chi connectivity index (χ2v) is 2.64. The molecule has 9 heavy (non-hydrogen) atoms. The van der Waals surface area contributed by atoms with E-state index in [-0.39, 0.29) is 6.10 Å². The van der Waals surface area contributed by atoms with E-state index >= 15 is 0 Å². The molecule has 0 unspecified atom stereocenters. The zero-order chi connectivity index (χ0) is 6.69. The minimum absolute atomic E-state index is 0.279. The highest BCUT2D eigenvalue weighted by molar-refractivity contribution is 4.74. The normalized spacial score (nSPS) is 36.7. The van der Waals surface area contributed by atoms with Gasteiger partial charge in [0, 0.05) is 6.04 Å². The first-order chi connectivity index (χ1) is 4.33. The van der Waals surface area contributed by atoms with Gasteiger partial charge in [-0.2, -0.15) is 0 Å². The highest BCUT2D eigenvalue weighted by atomic mass is 16.6. The van der Waals surface area contributed by atoms with E-state index in [0.717, 1.165) is 19.4 Å². The molecule has 0 aromatic heterocycles. The van der Waals surface area contributed by atoms with Crippen LogP contribution in [-0.2, 0) is 4.84 Å². The molecule has 0 aromatic carbocycles. The standard InChI is InChI=1S/C6H14N2O/c1-5-4-6(9-7)2-3-8-5/h5-6,8H,2-4,7H2,1H3/t5-,6+/m1/s1. The first-order valence-electron chi connectivity index (χ1n) is 3.42. The molecule has 0 bridgehead atoms. The summed E-state index contributed by atoms with van der Waals surface area (Å²) in [5.41, 5.74) is 0. The SMILES string of the molecule is C[C@@H]1C[C@@H](ON)CCN1. The molecule has 0 radical (unpaired) electrons. The molecular formula is C6H14N2O. The Morgan fingerprint density at radius 2 is 2.44 bits per heavy atom. The van der Waals surface area contributed by atoms with Gasteiger partial charge in [0.25, 0.3) is 0 Å². The van der Waals surface area contributed by atoms with Crippen molar-refractivity contribution in [1.29, 1.82) is 0 Å².